The Bertz CT molecular complexity index is 1650. The topological polar surface area (TPSA) is 115 Å². The Morgan fingerprint density at radius 2 is 1.98 bits per heavy atom. The summed E-state index contributed by atoms with van der Waals surface area (Å²) in [5, 5.41) is 15.5. The summed E-state index contributed by atoms with van der Waals surface area (Å²) in [7, 11) is 0. The fourth-order valence-electron chi connectivity index (χ4n) is 6.50. The van der Waals surface area contributed by atoms with E-state index in [-0.39, 0.29) is 24.5 Å². The van der Waals surface area contributed by atoms with Gasteiger partial charge in [-0.05, 0) is 68.0 Å². The van der Waals surface area contributed by atoms with Crippen molar-refractivity contribution in [2.45, 2.75) is 69.9 Å². The lowest BCUT2D eigenvalue weighted by Crippen LogP contribution is -2.49. The average molecular weight is 583 g/mol. The lowest BCUT2D eigenvalue weighted by Gasteiger charge is -2.28. The van der Waals surface area contributed by atoms with Crippen LogP contribution in [0.25, 0.3) is 33.5 Å². The van der Waals surface area contributed by atoms with Crippen molar-refractivity contribution >= 4 is 33.9 Å². The van der Waals surface area contributed by atoms with Gasteiger partial charge in [-0.25, -0.2) is 22.9 Å². The number of halogens is 3. The highest BCUT2D eigenvalue weighted by atomic mass is 19.1. The molecule has 0 bridgehead atoms. The highest BCUT2D eigenvalue weighted by Gasteiger charge is 2.35. The molecule has 12 heteroatoms. The minimum Gasteiger partial charge on any atom is -0.465 e. The summed E-state index contributed by atoms with van der Waals surface area (Å²) in [6.07, 6.45) is 0.357. The molecule has 4 aromatic rings. The van der Waals surface area contributed by atoms with E-state index in [9.17, 15) is 27.9 Å². The van der Waals surface area contributed by atoms with E-state index in [0.29, 0.717) is 66.8 Å². The number of carboxylic acid groups (broad SMARTS) is 1. The van der Waals surface area contributed by atoms with E-state index in [4.69, 9.17) is 4.98 Å². The van der Waals surface area contributed by atoms with Crippen molar-refractivity contribution in [3.8, 4) is 11.5 Å². The summed E-state index contributed by atoms with van der Waals surface area (Å²) in [4.78, 5) is 34.6. The van der Waals surface area contributed by atoms with Crippen molar-refractivity contribution in [1.29, 1.82) is 0 Å². The summed E-state index contributed by atoms with van der Waals surface area (Å²) in [6, 6.07) is 7.64. The first kappa shape index (κ1) is 28.1. The molecule has 2 saturated heterocycles. The molecular formula is C30H33F3N6O3. The molecule has 4 heterocycles. The standard InChI is InChI=1S/C30H33F3N6O3/c1-2-23(37-30(41)42)29(40)38-9-3-4-20(38)13-22-21-7-5-16(31)11-24(21)35-27(22)28-36-25-12-17(32)6-8-26(25)39(28)15-19-10-18(33)14-34-19/h5-8,11-12,18-20,23,34-35,37H,2-4,9-10,13-15H2,1H3,(H,41,42)/t18-,19-,20-,23?/m0/s1. The van der Waals surface area contributed by atoms with Crippen LogP contribution in [0.4, 0.5) is 18.0 Å². The lowest BCUT2D eigenvalue weighted by molar-refractivity contribution is -0.134. The zero-order valence-electron chi connectivity index (χ0n) is 23.2. The maximum absolute atomic E-state index is 14.3. The number of aromatic nitrogens is 3. The summed E-state index contributed by atoms with van der Waals surface area (Å²) in [6.45, 7) is 2.92. The number of hydrogen-bond acceptors (Lipinski definition) is 4. The molecule has 4 N–H and O–H groups in total. The van der Waals surface area contributed by atoms with Crippen LogP contribution >= 0.6 is 0 Å². The van der Waals surface area contributed by atoms with Crippen molar-refractivity contribution in [2.24, 2.45) is 0 Å². The smallest absolute Gasteiger partial charge is 0.405 e. The van der Waals surface area contributed by atoms with Crippen LogP contribution in [-0.4, -0.2) is 73.9 Å². The maximum atomic E-state index is 14.3. The van der Waals surface area contributed by atoms with Crippen LogP contribution in [0.2, 0.25) is 0 Å². The van der Waals surface area contributed by atoms with Gasteiger partial charge < -0.3 is 30.2 Å². The first-order chi connectivity index (χ1) is 20.2. The Kier molecular flexibility index (Phi) is 7.56. The van der Waals surface area contributed by atoms with E-state index in [0.717, 1.165) is 17.4 Å². The SMILES string of the molecule is CCC(NC(=O)O)C(=O)N1CCC[C@H]1Cc1c(-c2nc3cc(F)ccc3n2C[C@@H]2C[C@H](F)CN2)[nH]c2cc(F)ccc12. The number of benzene rings is 2. The first-order valence-electron chi connectivity index (χ1n) is 14.4. The second kappa shape index (κ2) is 11.3. The van der Waals surface area contributed by atoms with Gasteiger partial charge in [-0.15, -0.1) is 0 Å². The molecule has 42 heavy (non-hydrogen) atoms. The summed E-state index contributed by atoms with van der Waals surface area (Å²) in [5.41, 5.74) is 3.14. The number of H-pyrrole nitrogens is 1. The van der Waals surface area contributed by atoms with Crippen molar-refractivity contribution in [3.05, 3.63) is 53.6 Å². The molecule has 9 nitrogen and oxygen atoms in total. The van der Waals surface area contributed by atoms with E-state index < -0.39 is 29.9 Å². The quantitative estimate of drug-likeness (QED) is 0.240. The van der Waals surface area contributed by atoms with Gasteiger partial charge in [-0.2, -0.15) is 0 Å². The molecule has 2 amide bonds. The predicted octanol–water partition coefficient (Wildman–Crippen LogP) is 4.74. The van der Waals surface area contributed by atoms with Gasteiger partial charge in [0.1, 0.15) is 23.8 Å². The van der Waals surface area contributed by atoms with Crippen LogP contribution in [0.5, 0.6) is 0 Å². The fraction of sp³-hybridized carbons (Fsp3) is 0.433. The molecule has 2 aliphatic heterocycles. The molecule has 2 aromatic carbocycles. The number of likely N-dealkylation sites (tertiary alicyclic amines) is 1. The Hall–Kier alpha value is -4.06. The Morgan fingerprint density at radius 3 is 2.71 bits per heavy atom. The summed E-state index contributed by atoms with van der Waals surface area (Å²) >= 11 is 0. The van der Waals surface area contributed by atoms with Crippen LogP contribution in [0.15, 0.2) is 36.4 Å². The largest absolute Gasteiger partial charge is 0.465 e. The van der Waals surface area contributed by atoms with Crippen LogP contribution < -0.4 is 10.6 Å². The number of amides is 2. The zero-order valence-corrected chi connectivity index (χ0v) is 23.2. The van der Waals surface area contributed by atoms with Gasteiger partial charge in [-0.1, -0.05) is 6.92 Å². The molecule has 2 aliphatic rings. The Morgan fingerprint density at radius 1 is 1.19 bits per heavy atom. The van der Waals surface area contributed by atoms with Crippen molar-refractivity contribution < 1.29 is 27.9 Å². The highest BCUT2D eigenvalue weighted by molar-refractivity contribution is 5.92. The number of nitrogens with one attached hydrogen (secondary N) is 3. The fourth-order valence-corrected chi connectivity index (χ4v) is 6.50. The minimum atomic E-state index is -1.25. The third kappa shape index (κ3) is 5.31. The number of nitrogens with zero attached hydrogens (tertiary/aromatic N) is 3. The minimum absolute atomic E-state index is 0.151. The van der Waals surface area contributed by atoms with E-state index in [1.54, 1.807) is 24.0 Å². The number of hydrogen-bond donors (Lipinski definition) is 4. The number of carbonyl (C=O) groups excluding carboxylic acids is 1. The third-order valence-corrected chi connectivity index (χ3v) is 8.48. The number of carbonyl (C=O) groups is 2. The third-order valence-electron chi connectivity index (χ3n) is 8.48. The number of aromatic amines is 1. The monoisotopic (exact) mass is 582 g/mol. The summed E-state index contributed by atoms with van der Waals surface area (Å²) in [5.74, 6) is -0.599. The zero-order chi connectivity index (χ0) is 29.5. The first-order valence-corrected chi connectivity index (χ1v) is 14.4. The van der Waals surface area contributed by atoms with E-state index in [2.05, 4.69) is 15.6 Å². The lowest BCUT2D eigenvalue weighted by atomic mass is 9.99. The molecule has 222 valence electrons. The van der Waals surface area contributed by atoms with Gasteiger partial charge >= 0.3 is 6.09 Å². The van der Waals surface area contributed by atoms with Crippen LogP contribution in [-0.2, 0) is 17.8 Å². The number of fused-ring (bicyclic) bond motifs is 2. The van der Waals surface area contributed by atoms with Crippen LogP contribution in [0, 0.1) is 11.6 Å². The van der Waals surface area contributed by atoms with Crippen LogP contribution in [0.1, 0.15) is 38.2 Å². The van der Waals surface area contributed by atoms with Gasteiger partial charge in [0.2, 0.25) is 5.91 Å². The number of imidazole rings is 1. The Labute approximate surface area is 240 Å². The molecule has 0 spiro atoms. The highest BCUT2D eigenvalue weighted by Crippen LogP contribution is 2.36. The molecule has 0 saturated carbocycles. The summed E-state index contributed by atoms with van der Waals surface area (Å²) < 4.78 is 44.6. The average Bonchev–Trinajstić information content (AvgIpc) is 3.73. The van der Waals surface area contributed by atoms with Crippen molar-refractivity contribution in [3.63, 3.8) is 0 Å². The van der Waals surface area contributed by atoms with Crippen LogP contribution in [0.3, 0.4) is 0 Å². The van der Waals surface area contributed by atoms with E-state index in [1.165, 1.54) is 24.3 Å². The van der Waals surface area contributed by atoms with Gasteiger partial charge in [-0.3, -0.25) is 4.79 Å². The van der Waals surface area contributed by atoms with Gasteiger partial charge in [0.05, 0.1) is 16.7 Å². The molecule has 2 aromatic heterocycles. The number of alkyl halides is 1. The second-order valence-electron chi connectivity index (χ2n) is 11.2. The van der Waals surface area contributed by atoms with Crippen molar-refractivity contribution in [2.75, 3.05) is 13.1 Å². The van der Waals surface area contributed by atoms with E-state index in [1.807, 2.05) is 4.57 Å². The molecule has 2 fully saturated rings. The molecule has 4 atom stereocenters. The molecule has 1 unspecified atom stereocenters. The van der Waals surface area contributed by atoms with Gasteiger partial charge in [0.15, 0.2) is 5.82 Å². The normalized spacial score (nSPS) is 21.4. The Balaban J connectivity index is 1.44. The molecular weight excluding hydrogens is 549 g/mol. The van der Waals surface area contributed by atoms with Crippen molar-refractivity contribution in [1.82, 2.24) is 30.1 Å². The number of rotatable bonds is 8. The molecule has 0 aliphatic carbocycles. The van der Waals surface area contributed by atoms with E-state index >= 15 is 0 Å². The van der Waals surface area contributed by atoms with Gasteiger partial charge in [0.25, 0.3) is 0 Å². The maximum Gasteiger partial charge on any atom is 0.405 e. The predicted molar refractivity (Wildman–Crippen MR) is 152 cm³/mol. The molecule has 6 rings (SSSR count). The second-order valence-corrected chi connectivity index (χ2v) is 11.2. The van der Waals surface area contributed by atoms with Gasteiger partial charge in [0, 0.05) is 48.7 Å². The molecule has 0 radical (unpaired) electrons.